The van der Waals surface area contributed by atoms with E-state index in [2.05, 4.69) is 15.3 Å². The van der Waals surface area contributed by atoms with Crippen molar-refractivity contribution in [2.45, 2.75) is 39.7 Å². The van der Waals surface area contributed by atoms with E-state index in [4.69, 9.17) is 4.74 Å². The van der Waals surface area contributed by atoms with E-state index >= 15 is 0 Å². The molecule has 0 aliphatic heterocycles. The second-order valence-corrected chi connectivity index (χ2v) is 7.16. The number of nitrogens with one attached hydrogen (secondary N) is 2. The molecule has 2 aromatic rings. The Kier molecular flexibility index (Phi) is 4.40. The lowest BCUT2D eigenvalue weighted by Gasteiger charge is -2.12. The minimum atomic E-state index is -0.609. The Hall–Kier alpha value is -2.22. The van der Waals surface area contributed by atoms with Crippen molar-refractivity contribution < 1.29 is 14.3 Å². The molecule has 0 spiro atoms. The van der Waals surface area contributed by atoms with Gasteiger partial charge < -0.3 is 15.0 Å². The van der Waals surface area contributed by atoms with E-state index in [9.17, 15) is 14.4 Å². The Morgan fingerprint density at radius 1 is 1.42 bits per heavy atom. The van der Waals surface area contributed by atoms with Crippen molar-refractivity contribution in [2.75, 3.05) is 6.61 Å². The van der Waals surface area contributed by atoms with Gasteiger partial charge in [-0.25, -0.2) is 9.78 Å². The van der Waals surface area contributed by atoms with Crippen LogP contribution in [-0.2, 0) is 9.53 Å². The van der Waals surface area contributed by atoms with E-state index in [1.54, 1.807) is 13.8 Å². The van der Waals surface area contributed by atoms with E-state index < -0.39 is 5.97 Å². The van der Waals surface area contributed by atoms with Gasteiger partial charge in [-0.15, -0.1) is 11.3 Å². The summed E-state index contributed by atoms with van der Waals surface area (Å²) in [5.41, 5.74) is 0.252. The van der Waals surface area contributed by atoms with E-state index in [0.29, 0.717) is 32.4 Å². The fourth-order valence-corrected chi connectivity index (χ4v) is 3.77. The van der Waals surface area contributed by atoms with Crippen LogP contribution in [0.2, 0.25) is 0 Å². The van der Waals surface area contributed by atoms with Crippen LogP contribution in [0.3, 0.4) is 0 Å². The Morgan fingerprint density at radius 2 is 2.12 bits per heavy atom. The van der Waals surface area contributed by atoms with Crippen LogP contribution in [0.5, 0.6) is 0 Å². The first kappa shape index (κ1) is 16.6. The highest BCUT2D eigenvalue weighted by Crippen LogP contribution is 2.32. The average molecular weight is 349 g/mol. The molecule has 0 saturated heterocycles. The number of thiophene rings is 1. The maximum atomic E-state index is 12.2. The standard InChI is InChI=1S/C16H19N3O4S/c1-7-12-14(21)18-9(3)19-15(12)24-13(7)16(22)23-6-11(20)17-8(2)10-4-5-10/h8,10H,4-6H2,1-3H3,(H,17,20)(H,18,19,21). The van der Waals surface area contributed by atoms with Gasteiger partial charge in [0.25, 0.3) is 11.5 Å². The number of hydrogen-bond acceptors (Lipinski definition) is 6. The van der Waals surface area contributed by atoms with Crippen LogP contribution in [0.1, 0.15) is 40.8 Å². The Labute approximate surface area is 142 Å². The molecular formula is C16H19N3O4S. The molecule has 2 aromatic heterocycles. The summed E-state index contributed by atoms with van der Waals surface area (Å²) < 4.78 is 5.09. The number of carbonyl (C=O) groups is 2. The third-order valence-electron chi connectivity index (χ3n) is 4.16. The summed E-state index contributed by atoms with van der Waals surface area (Å²) in [7, 11) is 0. The highest BCUT2D eigenvalue weighted by atomic mass is 32.1. The maximum absolute atomic E-state index is 12.2. The normalized spacial score (nSPS) is 15.3. The summed E-state index contributed by atoms with van der Waals surface area (Å²) in [6.45, 7) is 4.98. The molecule has 128 valence electrons. The topological polar surface area (TPSA) is 101 Å². The van der Waals surface area contributed by atoms with Crippen LogP contribution in [0.15, 0.2) is 4.79 Å². The number of nitrogens with zero attached hydrogens (tertiary/aromatic N) is 1. The fraction of sp³-hybridized carbons (Fsp3) is 0.500. The molecule has 1 saturated carbocycles. The van der Waals surface area contributed by atoms with Crippen molar-refractivity contribution in [3.63, 3.8) is 0 Å². The molecule has 2 heterocycles. The number of ether oxygens (including phenoxy) is 1. The number of aromatic nitrogens is 2. The summed E-state index contributed by atoms with van der Waals surface area (Å²) in [5.74, 6) is 0.104. The molecule has 0 aromatic carbocycles. The van der Waals surface area contributed by atoms with Gasteiger partial charge in [-0.05, 0) is 45.1 Å². The molecule has 0 bridgehead atoms. The van der Waals surface area contributed by atoms with Gasteiger partial charge >= 0.3 is 5.97 Å². The lowest BCUT2D eigenvalue weighted by Crippen LogP contribution is -2.37. The van der Waals surface area contributed by atoms with Gasteiger partial charge in [0, 0.05) is 6.04 Å². The third-order valence-corrected chi connectivity index (χ3v) is 5.32. The number of rotatable bonds is 5. The van der Waals surface area contributed by atoms with E-state index in [0.717, 1.165) is 24.2 Å². The predicted octanol–water partition coefficient (Wildman–Crippen LogP) is 1.67. The molecule has 7 nitrogen and oxygen atoms in total. The molecule has 8 heteroatoms. The minimum absolute atomic E-state index is 0.105. The van der Waals surface area contributed by atoms with E-state index in [-0.39, 0.29) is 24.1 Å². The number of hydrogen-bond donors (Lipinski definition) is 2. The average Bonchev–Trinajstić information content (AvgIpc) is 3.29. The number of aryl methyl sites for hydroxylation is 2. The number of carbonyl (C=O) groups excluding carboxylic acids is 2. The Balaban J connectivity index is 1.70. The quantitative estimate of drug-likeness (QED) is 0.800. The van der Waals surface area contributed by atoms with Crippen LogP contribution in [0, 0.1) is 19.8 Å². The maximum Gasteiger partial charge on any atom is 0.349 e. The first-order chi connectivity index (χ1) is 11.4. The monoisotopic (exact) mass is 349 g/mol. The highest BCUT2D eigenvalue weighted by Gasteiger charge is 2.29. The molecule has 0 radical (unpaired) electrons. The number of H-pyrrole nitrogens is 1. The second kappa shape index (κ2) is 6.35. The van der Waals surface area contributed by atoms with Crippen LogP contribution in [0.25, 0.3) is 10.2 Å². The van der Waals surface area contributed by atoms with Crippen molar-refractivity contribution in [3.8, 4) is 0 Å². The van der Waals surface area contributed by atoms with Crippen molar-refractivity contribution in [3.05, 3.63) is 26.6 Å². The van der Waals surface area contributed by atoms with Crippen LogP contribution >= 0.6 is 11.3 Å². The lowest BCUT2D eigenvalue weighted by molar-refractivity contribution is -0.124. The Morgan fingerprint density at radius 3 is 2.79 bits per heavy atom. The highest BCUT2D eigenvalue weighted by molar-refractivity contribution is 7.20. The molecule has 1 fully saturated rings. The molecule has 1 unspecified atom stereocenters. The first-order valence-electron chi connectivity index (χ1n) is 7.83. The van der Waals surface area contributed by atoms with Gasteiger partial charge in [-0.1, -0.05) is 0 Å². The molecule has 1 aliphatic rings. The minimum Gasteiger partial charge on any atom is -0.451 e. The number of amides is 1. The number of esters is 1. The van der Waals surface area contributed by atoms with Gasteiger partial charge in [0.15, 0.2) is 6.61 Å². The first-order valence-corrected chi connectivity index (χ1v) is 8.65. The molecule has 1 amide bonds. The van der Waals surface area contributed by atoms with Crippen molar-refractivity contribution in [1.29, 1.82) is 0 Å². The summed E-state index contributed by atoms with van der Waals surface area (Å²) in [5, 5.41) is 3.22. The lowest BCUT2D eigenvalue weighted by atomic mass is 10.2. The summed E-state index contributed by atoms with van der Waals surface area (Å²) in [4.78, 5) is 43.7. The summed E-state index contributed by atoms with van der Waals surface area (Å²) in [6.07, 6.45) is 2.26. The van der Waals surface area contributed by atoms with Crippen molar-refractivity contribution >= 4 is 33.4 Å². The van der Waals surface area contributed by atoms with Crippen molar-refractivity contribution in [2.24, 2.45) is 5.92 Å². The van der Waals surface area contributed by atoms with Gasteiger partial charge in [-0.3, -0.25) is 9.59 Å². The second-order valence-electron chi connectivity index (χ2n) is 6.16. The smallest absolute Gasteiger partial charge is 0.349 e. The molecule has 1 aliphatic carbocycles. The fourth-order valence-electron chi connectivity index (χ4n) is 2.65. The zero-order valence-corrected chi connectivity index (χ0v) is 14.6. The van der Waals surface area contributed by atoms with Crippen molar-refractivity contribution in [1.82, 2.24) is 15.3 Å². The summed E-state index contributed by atoms with van der Waals surface area (Å²) in [6, 6.07) is 0.105. The molecule has 3 rings (SSSR count). The SMILES string of the molecule is Cc1nc2sc(C(=O)OCC(=O)NC(C)C3CC3)c(C)c2c(=O)[nH]1. The largest absolute Gasteiger partial charge is 0.451 e. The van der Waals surface area contributed by atoms with Gasteiger partial charge in [0.2, 0.25) is 0 Å². The van der Waals surface area contributed by atoms with Gasteiger partial charge in [0.05, 0.1) is 5.39 Å². The summed E-state index contributed by atoms with van der Waals surface area (Å²) >= 11 is 1.10. The van der Waals surface area contributed by atoms with E-state index in [1.165, 1.54) is 0 Å². The zero-order chi connectivity index (χ0) is 17.4. The zero-order valence-electron chi connectivity index (χ0n) is 13.8. The molecule has 1 atom stereocenters. The number of fused-ring (bicyclic) bond motifs is 1. The third kappa shape index (κ3) is 3.33. The molecule has 24 heavy (non-hydrogen) atoms. The van der Waals surface area contributed by atoms with Crippen LogP contribution in [0.4, 0.5) is 0 Å². The Bertz CT molecular complexity index is 866. The van der Waals surface area contributed by atoms with Gasteiger partial charge in [0.1, 0.15) is 15.5 Å². The molecular weight excluding hydrogens is 330 g/mol. The predicted molar refractivity (Wildman–Crippen MR) is 90.3 cm³/mol. The van der Waals surface area contributed by atoms with E-state index in [1.807, 2.05) is 6.92 Å². The van der Waals surface area contributed by atoms with Crippen LogP contribution < -0.4 is 10.9 Å². The molecule has 2 N–H and O–H groups in total. The van der Waals surface area contributed by atoms with Crippen LogP contribution in [-0.4, -0.2) is 34.5 Å². The number of aromatic amines is 1. The van der Waals surface area contributed by atoms with Gasteiger partial charge in [-0.2, -0.15) is 0 Å².